The van der Waals surface area contributed by atoms with E-state index < -0.39 is 8.07 Å². The molecule has 1 saturated carbocycles. The van der Waals surface area contributed by atoms with Gasteiger partial charge >= 0.3 is 5.97 Å². The number of aryl methyl sites for hydroxylation is 1. The highest BCUT2D eigenvalue weighted by atomic mass is 28.3. The molecule has 0 atom stereocenters. The molecule has 0 saturated heterocycles. The molecule has 5 nitrogen and oxygen atoms in total. The molecule has 134 valence electrons. The second kappa shape index (κ2) is 8.10. The van der Waals surface area contributed by atoms with Crippen molar-refractivity contribution in [2.75, 3.05) is 11.9 Å². The lowest BCUT2D eigenvalue weighted by Crippen LogP contribution is -2.35. The number of aromatic nitrogens is 2. The molecule has 0 aromatic carbocycles. The third-order valence-electron chi connectivity index (χ3n) is 5.03. The molecular formula is C18H31N3O2Si. The van der Waals surface area contributed by atoms with Crippen LogP contribution in [0, 0.1) is 0 Å². The minimum atomic E-state index is -1.06. The van der Waals surface area contributed by atoms with Gasteiger partial charge in [-0.2, -0.15) is 0 Å². The van der Waals surface area contributed by atoms with E-state index in [4.69, 9.17) is 4.74 Å². The number of carbonyl (C=O) groups excluding carboxylic acids is 1. The number of nitrogens with zero attached hydrogens (tertiary/aromatic N) is 2. The molecule has 1 heterocycles. The first kappa shape index (κ1) is 18.9. The molecule has 0 amide bonds. The first-order valence-electron chi connectivity index (χ1n) is 9.14. The fraction of sp³-hybridized carbons (Fsp3) is 0.722. The summed E-state index contributed by atoms with van der Waals surface area (Å²) in [5, 5.41) is 3.50. The molecule has 2 rings (SSSR count). The summed E-state index contributed by atoms with van der Waals surface area (Å²) in [7, 11) is -1.06. The SMILES string of the molecule is CCOC(=O)c1c(CC)ncnc1NC1CCC([Si](C)(C)C)CC1. The Balaban J connectivity index is 2.12. The molecule has 1 aromatic heterocycles. The minimum absolute atomic E-state index is 0.326. The van der Waals surface area contributed by atoms with Gasteiger partial charge in [0.25, 0.3) is 0 Å². The van der Waals surface area contributed by atoms with Crippen LogP contribution in [0.5, 0.6) is 0 Å². The zero-order valence-corrected chi connectivity index (χ0v) is 16.7. The lowest BCUT2D eigenvalue weighted by molar-refractivity contribution is 0.0525. The third kappa shape index (κ3) is 4.56. The Morgan fingerprint density at radius 1 is 1.21 bits per heavy atom. The van der Waals surface area contributed by atoms with Gasteiger partial charge in [0.2, 0.25) is 0 Å². The summed E-state index contributed by atoms with van der Waals surface area (Å²) in [5.74, 6) is 0.310. The van der Waals surface area contributed by atoms with E-state index in [9.17, 15) is 4.79 Å². The summed E-state index contributed by atoms with van der Waals surface area (Å²) in [6, 6.07) is 0.380. The van der Waals surface area contributed by atoms with E-state index in [1.54, 1.807) is 0 Å². The van der Waals surface area contributed by atoms with Crippen molar-refractivity contribution in [3.05, 3.63) is 17.6 Å². The van der Waals surface area contributed by atoms with Gasteiger partial charge in [-0.15, -0.1) is 0 Å². The highest BCUT2D eigenvalue weighted by molar-refractivity contribution is 6.77. The van der Waals surface area contributed by atoms with Gasteiger partial charge in [-0.3, -0.25) is 0 Å². The lowest BCUT2D eigenvalue weighted by atomic mass is 9.94. The number of ether oxygens (including phenoxy) is 1. The fourth-order valence-corrected chi connectivity index (χ4v) is 5.58. The second-order valence-electron chi connectivity index (χ2n) is 7.68. The number of carbonyl (C=O) groups is 1. The Labute approximate surface area is 146 Å². The van der Waals surface area contributed by atoms with Crippen molar-refractivity contribution in [2.24, 2.45) is 0 Å². The standard InChI is InChI=1S/C18H31N3O2Si/c1-6-15-16(18(22)23-7-2)17(20-12-19-15)21-13-8-10-14(11-9-13)24(3,4)5/h12-14H,6-11H2,1-5H3,(H,19,20,21). The molecule has 0 radical (unpaired) electrons. The summed E-state index contributed by atoms with van der Waals surface area (Å²) in [5.41, 5.74) is 2.16. The lowest BCUT2D eigenvalue weighted by Gasteiger charge is -2.36. The van der Waals surface area contributed by atoms with Crippen LogP contribution < -0.4 is 5.32 Å². The van der Waals surface area contributed by atoms with Gasteiger partial charge in [0, 0.05) is 14.1 Å². The molecule has 1 aliphatic carbocycles. The summed E-state index contributed by atoms with van der Waals surface area (Å²) in [6.45, 7) is 11.6. The fourth-order valence-electron chi connectivity index (χ4n) is 3.51. The molecule has 0 bridgehead atoms. The van der Waals surface area contributed by atoms with E-state index in [0.717, 1.165) is 24.1 Å². The first-order valence-corrected chi connectivity index (χ1v) is 12.7. The maximum absolute atomic E-state index is 12.3. The molecule has 0 unspecified atom stereocenters. The van der Waals surface area contributed by atoms with Crippen LogP contribution in [-0.4, -0.2) is 36.7 Å². The van der Waals surface area contributed by atoms with Gasteiger partial charge in [0.1, 0.15) is 17.7 Å². The number of anilines is 1. The molecule has 1 aromatic rings. The smallest absolute Gasteiger partial charge is 0.343 e. The van der Waals surface area contributed by atoms with Crippen molar-refractivity contribution in [3.8, 4) is 0 Å². The van der Waals surface area contributed by atoms with Crippen LogP contribution >= 0.6 is 0 Å². The largest absolute Gasteiger partial charge is 0.462 e. The highest BCUT2D eigenvalue weighted by Crippen LogP contribution is 2.37. The van der Waals surface area contributed by atoms with Gasteiger partial charge in [-0.25, -0.2) is 14.8 Å². The van der Waals surface area contributed by atoms with E-state index in [-0.39, 0.29) is 5.97 Å². The zero-order valence-electron chi connectivity index (χ0n) is 15.7. The number of hydrogen-bond donors (Lipinski definition) is 1. The Morgan fingerprint density at radius 2 is 1.88 bits per heavy atom. The molecule has 0 spiro atoms. The molecule has 1 fully saturated rings. The normalized spacial score (nSPS) is 21.4. The maximum Gasteiger partial charge on any atom is 0.343 e. The molecule has 1 N–H and O–H groups in total. The Morgan fingerprint density at radius 3 is 2.42 bits per heavy atom. The Hall–Kier alpha value is -1.43. The van der Waals surface area contributed by atoms with Crippen LogP contribution in [0.25, 0.3) is 0 Å². The average Bonchev–Trinajstić information content (AvgIpc) is 2.54. The predicted molar refractivity (Wildman–Crippen MR) is 100 cm³/mol. The molecule has 1 aliphatic rings. The van der Waals surface area contributed by atoms with E-state index in [0.29, 0.717) is 30.5 Å². The molecule has 6 heteroatoms. The summed E-state index contributed by atoms with van der Waals surface area (Å²) >= 11 is 0. The molecule has 0 aliphatic heterocycles. The van der Waals surface area contributed by atoms with Crippen LogP contribution in [0.3, 0.4) is 0 Å². The van der Waals surface area contributed by atoms with Crippen LogP contribution in [0.1, 0.15) is 55.6 Å². The number of rotatable bonds is 6. The molecule has 24 heavy (non-hydrogen) atoms. The van der Waals surface area contributed by atoms with Crippen molar-refractivity contribution in [2.45, 2.75) is 77.2 Å². The minimum Gasteiger partial charge on any atom is -0.462 e. The zero-order chi connectivity index (χ0) is 17.7. The van der Waals surface area contributed by atoms with E-state index in [1.165, 1.54) is 19.2 Å². The van der Waals surface area contributed by atoms with Crippen molar-refractivity contribution < 1.29 is 9.53 Å². The van der Waals surface area contributed by atoms with E-state index >= 15 is 0 Å². The molecular weight excluding hydrogens is 318 g/mol. The maximum atomic E-state index is 12.3. The van der Waals surface area contributed by atoms with Gasteiger partial charge < -0.3 is 10.1 Å². The topological polar surface area (TPSA) is 64.1 Å². The number of esters is 1. The van der Waals surface area contributed by atoms with Crippen molar-refractivity contribution in [1.82, 2.24) is 9.97 Å². The van der Waals surface area contributed by atoms with Crippen LogP contribution in [0.4, 0.5) is 5.82 Å². The van der Waals surface area contributed by atoms with Crippen LogP contribution in [-0.2, 0) is 11.2 Å². The van der Waals surface area contributed by atoms with Gasteiger partial charge in [-0.1, -0.05) is 39.4 Å². The third-order valence-corrected chi connectivity index (χ3v) is 8.06. The average molecular weight is 350 g/mol. The van der Waals surface area contributed by atoms with E-state index in [1.807, 2.05) is 13.8 Å². The second-order valence-corrected chi connectivity index (χ2v) is 13.2. The number of nitrogens with one attached hydrogen (secondary N) is 1. The summed E-state index contributed by atoms with van der Waals surface area (Å²) in [6.07, 6.45) is 7.05. The van der Waals surface area contributed by atoms with Crippen molar-refractivity contribution >= 4 is 19.9 Å². The predicted octanol–water partition coefficient (Wildman–Crippen LogP) is 4.28. The number of hydrogen-bond acceptors (Lipinski definition) is 5. The van der Waals surface area contributed by atoms with E-state index in [2.05, 4.69) is 34.9 Å². The summed E-state index contributed by atoms with van der Waals surface area (Å²) < 4.78 is 5.21. The van der Waals surface area contributed by atoms with Gasteiger partial charge in [0.15, 0.2) is 0 Å². The first-order chi connectivity index (χ1) is 11.4. The van der Waals surface area contributed by atoms with Gasteiger partial charge in [-0.05, 0) is 31.7 Å². The summed E-state index contributed by atoms with van der Waals surface area (Å²) in [4.78, 5) is 20.9. The van der Waals surface area contributed by atoms with Crippen molar-refractivity contribution in [1.29, 1.82) is 0 Å². The monoisotopic (exact) mass is 349 g/mol. The quantitative estimate of drug-likeness (QED) is 0.613. The van der Waals surface area contributed by atoms with Crippen molar-refractivity contribution in [3.63, 3.8) is 0 Å². The van der Waals surface area contributed by atoms with Crippen LogP contribution in [0.2, 0.25) is 25.2 Å². The highest BCUT2D eigenvalue weighted by Gasteiger charge is 2.31. The van der Waals surface area contributed by atoms with Crippen LogP contribution in [0.15, 0.2) is 6.33 Å². The Bertz CT molecular complexity index is 564. The van der Waals surface area contributed by atoms with Gasteiger partial charge in [0.05, 0.1) is 12.3 Å². The Kier molecular flexibility index (Phi) is 6.38.